The van der Waals surface area contributed by atoms with E-state index >= 15 is 0 Å². The second-order valence-electron chi connectivity index (χ2n) is 7.14. The first-order chi connectivity index (χ1) is 14.2. The summed E-state index contributed by atoms with van der Waals surface area (Å²) in [5, 5.41) is 13.3. The number of nitrogens with zero attached hydrogens (tertiary/aromatic N) is 1. The lowest BCUT2D eigenvalue weighted by Crippen LogP contribution is -2.22. The van der Waals surface area contributed by atoms with Crippen molar-refractivity contribution in [2.45, 2.75) is 5.92 Å². The molecular formula is C23H14ClN3O2. The minimum absolute atomic E-state index is 0.316. The van der Waals surface area contributed by atoms with Crippen molar-refractivity contribution in [3.8, 4) is 0 Å². The minimum Gasteiger partial charge on any atom is -0.422 e. The first kappa shape index (κ1) is 16.4. The van der Waals surface area contributed by atoms with Gasteiger partial charge in [0.1, 0.15) is 5.58 Å². The Morgan fingerprint density at radius 2 is 1.79 bits per heavy atom. The number of halogens is 1. The van der Waals surface area contributed by atoms with E-state index in [-0.39, 0.29) is 11.5 Å². The van der Waals surface area contributed by atoms with Crippen LogP contribution in [0, 0.1) is 0 Å². The third-order valence-electron chi connectivity index (χ3n) is 5.55. The smallest absolute Gasteiger partial charge is 0.342 e. The van der Waals surface area contributed by atoms with Crippen molar-refractivity contribution >= 4 is 44.8 Å². The summed E-state index contributed by atoms with van der Waals surface area (Å²) in [7, 11) is 0. The summed E-state index contributed by atoms with van der Waals surface area (Å²) in [6, 6.07) is 19.2. The molecule has 1 unspecified atom stereocenters. The normalized spacial score (nSPS) is 15.1. The van der Waals surface area contributed by atoms with E-state index in [1.54, 1.807) is 6.20 Å². The van der Waals surface area contributed by atoms with Crippen LogP contribution < -0.4 is 10.9 Å². The largest absolute Gasteiger partial charge is 0.422 e. The molecule has 1 aliphatic rings. The van der Waals surface area contributed by atoms with Crippen LogP contribution in [-0.4, -0.2) is 10.2 Å². The van der Waals surface area contributed by atoms with Gasteiger partial charge in [-0.25, -0.2) is 4.79 Å². The zero-order chi connectivity index (χ0) is 19.5. The van der Waals surface area contributed by atoms with Gasteiger partial charge in [-0.15, -0.1) is 0 Å². The Kier molecular flexibility index (Phi) is 3.37. The highest BCUT2D eigenvalue weighted by molar-refractivity contribution is 6.30. The predicted molar refractivity (Wildman–Crippen MR) is 114 cm³/mol. The number of rotatable bonds is 1. The Labute approximate surface area is 169 Å². The number of para-hydroxylation sites is 1. The lowest BCUT2D eigenvalue weighted by Gasteiger charge is -2.29. The number of nitrogens with one attached hydrogen (secondary N) is 2. The van der Waals surface area contributed by atoms with E-state index < -0.39 is 0 Å². The van der Waals surface area contributed by atoms with Crippen molar-refractivity contribution in [1.29, 1.82) is 0 Å². The molecule has 1 atom stereocenters. The van der Waals surface area contributed by atoms with E-state index in [0.29, 0.717) is 16.2 Å². The van der Waals surface area contributed by atoms with Crippen molar-refractivity contribution in [2.75, 3.05) is 5.32 Å². The third-order valence-corrected chi connectivity index (χ3v) is 5.80. The van der Waals surface area contributed by atoms with E-state index in [4.69, 9.17) is 16.0 Å². The van der Waals surface area contributed by atoms with Gasteiger partial charge in [0.05, 0.1) is 23.0 Å². The topological polar surface area (TPSA) is 70.9 Å². The fourth-order valence-electron chi connectivity index (χ4n) is 4.27. The van der Waals surface area contributed by atoms with Crippen LogP contribution in [0.4, 0.5) is 11.4 Å². The molecule has 5 nitrogen and oxygen atoms in total. The van der Waals surface area contributed by atoms with Gasteiger partial charge in [0.2, 0.25) is 0 Å². The molecule has 3 heterocycles. The van der Waals surface area contributed by atoms with Gasteiger partial charge in [0.15, 0.2) is 0 Å². The Bertz CT molecular complexity index is 1470. The van der Waals surface area contributed by atoms with E-state index in [0.717, 1.165) is 38.8 Å². The number of benzene rings is 3. The highest BCUT2D eigenvalue weighted by Crippen LogP contribution is 2.48. The molecule has 0 fully saturated rings. The van der Waals surface area contributed by atoms with Crippen molar-refractivity contribution in [3.63, 3.8) is 0 Å². The maximum atomic E-state index is 13.2. The molecule has 0 amide bonds. The van der Waals surface area contributed by atoms with Crippen LogP contribution in [-0.2, 0) is 0 Å². The average Bonchev–Trinajstić information content (AvgIpc) is 3.22. The highest BCUT2D eigenvalue weighted by Gasteiger charge is 2.34. The van der Waals surface area contributed by atoms with E-state index in [2.05, 4.69) is 15.5 Å². The Hall–Kier alpha value is -3.57. The lowest BCUT2D eigenvalue weighted by atomic mass is 9.80. The third kappa shape index (κ3) is 2.34. The molecule has 0 saturated carbocycles. The molecule has 140 valence electrons. The SMILES string of the molecule is O=c1oc2ccccc2c2c1C(c1ccc(Cl)cc1)c1c(ccc3cn[nH]c13)N2. The Morgan fingerprint density at radius 1 is 0.966 bits per heavy atom. The number of hydrogen-bond donors (Lipinski definition) is 2. The quantitative estimate of drug-likeness (QED) is 0.355. The summed E-state index contributed by atoms with van der Waals surface area (Å²) in [5.74, 6) is -0.316. The Balaban J connectivity index is 1.76. The van der Waals surface area contributed by atoms with Gasteiger partial charge in [0, 0.05) is 33.0 Å². The molecular weight excluding hydrogens is 386 g/mol. The number of hydrogen-bond acceptors (Lipinski definition) is 4. The molecule has 3 aromatic carbocycles. The number of aromatic nitrogens is 2. The number of H-pyrrole nitrogens is 1. The molecule has 0 saturated heterocycles. The summed E-state index contributed by atoms with van der Waals surface area (Å²) in [5.41, 5.74) is 5.33. The molecule has 29 heavy (non-hydrogen) atoms. The maximum absolute atomic E-state index is 13.2. The van der Waals surface area contributed by atoms with Crippen molar-refractivity contribution in [2.24, 2.45) is 0 Å². The summed E-state index contributed by atoms with van der Waals surface area (Å²) in [4.78, 5) is 13.2. The second-order valence-corrected chi connectivity index (χ2v) is 7.58. The van der Waals surface area contributed by atoms with E-state index in [9.17, 15) is 4.79 Å². The van der Waals surface area contributed by atoms with Crippen LogP contribution in [0.1, 0.15) is 22.6 Å². The first-order valence-corrected chi connectivity index (χ1v) is 9.63. The van der Waals surface area contributed by atoms with Crippen LogP contribution in [0.25, 0.3) is 21.9 Å². The minimum atomic E-state index is -0.353. The zero-order valence-corrected chi connectivity index (χ0v) is 15.8. The first-order valence-electron chi connectivity index (χ1n) is 9.25. The number of aromatic amines is 1. The van der Waals surface area contributed by atoms with Gasteiger partial charge in [-0.1, -0.05) is 35.9 Å². The fourth-order valence-corrected chi connectivity index (χ4v) is 4.40. The van der Waals surface area contributed by atoms with Gasteiger partial charge in [-0.3, -0.25) is 5.10 Å². The summed E-state index contributed by atoms with van der Waals surface area (Å²) in [6.45, 7) is 0. The Morgan fingerprint density at radius 3 is 2.66 bits per heavy atom. The van der Waals surface area contributed by atoms with Crippen LogP contribution in [0.15, 0.2) is 76.1 Å². The molecule has 2 N–H and O–H groups in total. The monoisotopic (exact) mass is 399 g/mol. The van der Waals surface area contributed by atoms with Crippen LogP contribution in [0.3, 0.4) is 0 Å². The molecule has 1 aliphatic heterocycles. The fraction of sp³-hybridized carbons (Fsp3) is 0.0435. The predicted octanol–water partition coefficient (Wildman–Crippen LogP) is 5.56. The molecule has 0 spiro atoms. The summed E-state index contributed by atoms with van der Waals surface area (Å²) in [6.07, 6.45) is 1.78. The second kappa shape index (κ2) is 5.96. The standard InChI is InChI=1S/C23H14ClN3O2/c24-14-8-5-12(6-9-14)18-19-16(10-7-13-11-25-27-21(13)19)26-22-15-3-1-2-4-17(15)29-23(28)20(18)22/h1-11,18,26H,(H,25,27). The van der Waals surface area contributed by atoms with Crippen LogP contribution >= 0.6 is 11.6 Å². The lowest BCUT2D eigenvalue weighted by molar-refractivity contribution is 0.549. The van der Waals surface area contributed by atoms with Gasteiger partial charge >= 0.3 is 5.63 Å². The van der Waals surface area contributed by atoms with Gasteiger partial charge in [0.25, 0.3) is 0 Å². The van der Waals surface area contributed by atoms with Gasteiger partial charge in [-0.05, 0) is 42.0 Å². The van der Waals surface area contributed by atoms with E-state index in [1.165, 1.54) is 0 Å². The number of fused-ring (bicyclic) bond motifs is 6. The van der Waals surface area contributed by atoms with Crippen LogP contribution in [0.2, 0.25) is 5.02 Å². The van der Waals surface area contributed by atoms with E-state index in [1.807, 2.05) is 60.7 Å². The average molecular weight is 400 g/mol. The van der Waals surface area contributed by atoms with Crippen LogP contribution in [0.5, 0.6) is 0 Å². The molecule has 0 aliphatic carbocycles. The van der Waals surface area contributed by atoms with Crippen molar-refractivity contribution in [1.82, 2.24) is 10.2 Å². The van der Waals surface area contributed by atoms with Crippen molar-refractivity contribution < 1.29 is 4.42 Å². The molecule has 5 aromatic rings. The maximum Gasteiger partial charge on any atom is 0.342 e. The molecule has 2 aromatic heterocycles. The highest BCUT2D eigenvalue weighted by atomic mass is 35.5. The zero-order valence-electron chi connectivity index (χ0n) is 15.1. The van der Waals surface area contributed by atoms with Crippen molar-refractivity contribution in [3.05, 3.63) is 99.0 Å². The molecule has 0 radical (unpaired) electrons. The molecule has 0 bridgehead atoms. The molecule has 6 rings (SSSR count). The molecule has 6 heteroatoms. The van der Waals surface area contributed by atoms with Gasteiger partial charge < -0.3 is 9.73 Å². The number of anilines is 2. The summed E-state index contributed by atoms with van der Waals surface area (Å²) < 4.78 is 5.70. The summed E-state index contributed by atoms with van der Waals surface area (Å²) >= 11 is 6.13. The van der Waals surface area contributed by atoms with Gasteiger partial charge in [-0.2, -0.15) is 5.10 Å².